The average molecular weight is 258 g/mol. The molecule has 0 bridgehead atoms. The lowest BCUT2D eigenvalue weighted by molar-refractivity contribution is 0.0931. The van der Waals surface area contributed by atoms with Crippen molar-refractivity contribution in [2.75, 3.05) is 5.73 Å². The van der Waals surface area contributed by atoms with Crippen LogP contribution in [0.2, 0.25) is 0 Å². The van der Waals surface area contributed by atoms with Crippen LogP contribution in [0.5, 0.6) is 0 Å². The van der Waals surface area contributed by atoms with Gasteiger partial charge < -0.3 is 11.1 Å². The van der Waals surface area contributed by atoms with Gasteiger partial charge in [-0.3, -0.25) is 4.79 Å². The number of nitrogens with two attached hydrogens (primary N) is 1. The lowest BCUT2D eigenvalue weighted by Gasteiger charge is -2.15. The summed E-state index contributed by atoms with van der Waals surface area (Å²) in [6.45, 7) is 6.24. The highest BCUT2D eigenvalue weighted by Gasteiger charge is 2.11. The number of anilines is 1. The Labute approximate surface area is 108 Å². The molecule has 0 saturated carbocycles. The van der Waals surface area contributed by atoms with Crippen LogP contribution < -0.4 is 11.1 Å². The van der Waals surface area contributed by atoms with E-state index in [1.165, 1.54) is 0 Å². The van der Waals surface area contributed by atoms with Gasteiger partial charge in [-0.05, 0) is 31.4 Å². The van der Waals surface area contributed by atoms with Gasteiger partial charge in [0.1, 0.15) is 11.5 Å². The topological polar surface area (TPSA) is 68.0 Å². The molecule has 0 saturated heterocycles. The molecule has 1 heterocycles. The fourth-order valence-electron chi connectivity index (χ4n) is 1.64. The molecule has 0 aliphatic rings. The Morgan fingerprint density at radius 3 is 2.59 bits per heavy atom. The molecule has 0 spiro atoms. The Balaban J connectivity index is 0.00000256. The van der Waals surface area contributed by atoms with Gasteiger partial charge in [0, 0.05) is 6.04 Å². The highest BCUT2D eigenvalue weighted by molar-refractivity contribution is 5.92. The van der Waals surface area contributed by atoms with Gasteiger partial charge in [0.05, 0.1) is 0 Å². The molecule has 3 N–H and O–H groups in total. The Hall–Kier alpha value is -1.29. The highest BCUT2D eigenvalue weighted by Crippen LogP contribution is 2.05. The molecule has 1 aromatic heterocycles. The van der Waals surface area contributed by atoms with Crippen LogP contribution in [0, 0.1) is 5.92 Å². The third kappa shape index (κ3) is 5.54. The van der Waals surface area contributed by atoms with Crippen molar-refractivity contribution < 1.29 is 4.79 Å². The van der Waals surface area contributed by atoms with Crippen LogP contribution in [-0.2, 0) is 0 Å². The normalized spacial score (nSPS) is 11.8. The first-order valence-corrected chi connectivity index (χ1v) is 5.52. The van der Waals surface area contributed by atoms with Gasteiger partial charge in [-0.15, -0.1) is 12.4 Å². The van der Waals surface area contributed by atoms with Crippen LogP contribution in [0.25, 0.3) is 0 Å². The third-order valence-corrected chi connectivity index (χ3v) is 2.21. The van der Waals surface area contributed by atoms with Crippen LogP contribution in [0.3, 0.4) is 0 Å². The molecule has 1 amide bonds. The number of rotatable bonds is 4. The minimum absolute atomic E-state index is 0. The molecule has 96 valence electrons. The van der Waals surface area contributed by atoms with Crippen molar-refractivity contribution in [2.24, 2.45) is 5.92 Å². The Bertz CT molecular complexity index is 369. The van der Waals surface area contributed by atoms with Crippen molar-refractivity contribution in [3.8, 4) is 0 Å². The summed E-state index contributed by atoms with van der Waals surface area (Å²) in [6, 6.07) is 5.20. The zero-order valence-corrected chi connectivity index (χ0v) is 11.3. The molecule has 17 heavy (non-hydrogen) atoms. The number of nitrogens with one attached hydrogen (secondary N) is 1. The standard InChI is InChI=1S/C12H19N3O.ClH/c1-8(2)7-9(3)14-12(16)10-5-4-6-11(13)15-10;/h4-6,8-9H,7H2,1-3H3,(H2,13,15)(H,14,16);1H. The molecule has 1 rings (SSSR count). The largest absolute Gasteiger partial charge is 0.384 e. The van der Waals surface area contributed by atoms with E-state index in [1.807, 2.05) is 6.92 Å². The van der Waals surface area contributed by atoms with Crippen LogP contribution in [0.1, 0.15) is 37.7 Å². The summed E-state index contributed by atoms with van der Waals surface area (Å²) >= 11 is 0. The van der Waals surface area contributed by atoms with E-state index in [9.17, 15) is 4.79 Å². The number of hydrogen-bond donors (Lipinski definition) is 2. The van der Waals surface area contributed by atoms with E-state index < -0.39 is 0 Å². The molecule has 0 fully saturated rings. The first kappa shape index (κ1) is 15.7. The van der Waals surface area contributed by atoms with Gasteiger partial charge >= 0.3 is 0 Å². The summed E-state index contributed by atoms with van der Waals surface area (Å²) in [4.78, 5) is 15.7. The second kappa shape index (κ2) is 7.12. The summed E-state index contributed by atoms with van der Waals surface area (Å²) in [5.41, 5.74) is 5.89. The second-order valence-corrected chi connectivity index (χ2v) is 4.45. The maximum absolute atomic E-state index is 11.8. The maximum Gasteiger partial charge on any atom is 0.270 e. The number of halogens is 1. The average Bonchev–Trinajstić information content (AvgIpc) is 2.16. The first-order valence-electron chi connectivity index (χ1n) is 5.52. The molecule has 4 nitrogen and oxygen atoms in total. The number of pyridine rings is 1. The van der Waals surface area contributed by atoms with Gasteiger partial charge in [-0.25, -0.2) is 4.98 Å². The van der Waals surface area contributed by atoms with Gasteiger partial charge in [-0.2, -0.15) is 0 Å². The molecule has 1 atom stereocenters. The van der Waals surface area contributed by atoms with E-state index in [-0.39, 0.29) is 24.4 Å². The minimum atomic E-state index is -0.166. The monoisotopic (exact) mass is 257 g/mol. The number of amides is 1. The van der Waals surface area contributed by atoms with E-state index in [0.717, 1.165) is 6.42 Å². The fraction of sp³-hybridized carbons (Fsp3) is 0.500. The van der Waals surface area contributed by atoms with Crippen LogP contribution in [0.4, 0.5) is 5.82 Å². The quantitative estimate of drug-likeness (QED) is 0.869. The van der Waals surface area contributed by atoms with Crippen LogP contribution in [0.15, 0.2) is 18.2 Å². The summed E-state index contributed by atoms with van der Waals surface area (Å²) in [7, 11) is 0. The number of nitrogens with zero attached hydrogens (tertiary/aromatic N) is 1. The van der Waals surface area contributed by atoms with Crippen molar-refractivity contribution in [2.45, 2.75) is 33.2 Å². The first-order chi connectivity index (χ1) is 7.49. The van der Waals surface area contributed by atoms with E-state index in [0.29, 0.717) is 17.4 Å². The van der Waals surface area contributed by atoms with Crippen LogP contribution in [-0.4, -0.2) is 16.9 Å². The highest BCUT2D eigenvalue weighted by atomic mass is 35.5. The number of carbonyl (C=O) groups is 1. The Kier molecular flexibility index (Phi) is 6.58. The predicted octanol–water partition coefficient (Wildman–Crippen LogP) is 2.25. The molecule has 0 aromatic carbocycles. The van der Waals surface area contributed by atoms with Gasteiger partial charge in [0.15, 0.2) is 0 Å². The van der Waals surface area contributed by atoms with Crippen molar-refractivity contribution in [1.29, 1.82) is 0 Å². The molecule has 1 aromatic rings. The van der Waals surface area contributed by atoms with Gasteiger partial charge in [0.2, 0.25) is 0 Å². The van der Waals surface area contributed by atoms with Gasteiger partial charge in [0.25, 0.3) is 5.91 Å². The smallest absolute Gasteiger partial charge is 0.270 e. The summed E-state index contributed by atoms with van der Waals surface area (Å²) in [5.74, 6) is 0.758. The molecule has 0 aliphatic carbocycles. The fourth-order valence-corrected chi connectivity index (χ4v) is 1.64. The van der Waals surface area contributed by atoms with Gasteiger partial charge in [-0.1, -0.05) is 19.9 Å². The Morgan fingerprint density at radius 2 is 2.06 bits per heavy atom. The van der Waals surface area contributed by atoms with Crippen molar-refractivity contribution in [1.82, 2.24) is 10.3 Å². The van der Waals surface area contributed by atoms with E-state index in [1.54, 1.807) is 18.2 Å². The molecular formula is C12H20ClN3O. The van der Waals surface area contributed by atoms with Crippen LogP contribution >= 0.6 is 12.4 Å². The Morgan fingerprint density at radius 1 is 1.41 bits per heavy atom. The lowest BCUT2D eigenvalue weighted by atomic mass is 10.1. The zero-order chi connectivity index (χ0) is 12.1. The number of aromatic nitrogens is 1. The minimum Gasteiger partial charge on any atom is -0.384 e. The SMILES string of the molecule is CC(C)CC(C)NC(=O)c1cccc(N)n1.Cl. The summed E-state index contributed by atoms with van der Waals surface area (Å²) in [5, 5.41) is 2.90. The number of hydrogen-bond acceptors (Lipinski definition) is 3. The summed E-state index contributed by atoms with van der Waals surface area (Å²) in [6.07, 6.45) is 0.952. The van der Waals surface area contributed by atoms with Crippen molar-refractivity contribution in [3.63, 3.8) is 0 Å². The molecule has 1 unspecified atom stereocenters. The third-order valence-electron chi connectivity index (χ3n) is 2.21. The van der Waals surface area contributed by atoms with E-state index >= 15 is 0 Å². The second-order valence-electron chi connectivity index (χ2n) is 4.45. The maximum atomic E-state index is 11.8. The molecule has 0 radical (unpaired) electrons. The molecule has 0 aliphatic heterocycles. The van der Waals surface area contributed by atoms with Crippen molar-refractivity contribution in [3.05, 3.63) is 23.9 Å². The predicted molar refractivity (Wildman–Crippen MR) is 72.3 cm³/mol. The van der Waals surface area contributed by atoms with Crippen molar-refractivity contribution >= 4 is 24.1 Å². The zero-order valence-electron chi connectivity index (χ0n) is 10.4. The van der Waals surface area contributed by atoms with E-state index in [4.69, 9.17) is 5.73 Å². The number of carbonyl (C=O) groups excluding carboxylic acids is 1. The molecule has 5 heteroatoms. The van der Waals surface area contributed by atoms with E-state index in [2.05, 4.69) is 24.1 Å². The molecular weight excluding hydrogens is 238 g/mol. The number of nitrogen functional groups attached to an aromatic ring is 1. The lowest BCUT2D eigenvalue weighted by Crippen LogP contribution is -2.34. The summed E-state index contributed by atoms with van der Waals surface area (Å²) < 4.78 is 0.